The van der Waals surface area contributed by atoms with Crippen molar-refractivity contribution in [1.82, 2.24) is 14.9 Å². The summed E-state index contributed by atoms with van der Waals surface area (Å²) in [5.41, 5.74) is 1.12. The summed E-state index contributed by atoms with van der Waals surface area (Å²) in [5, 5.41) is 4.02. The standard InChI is InChI=1S/C14H21N3O2S/c1-4-19-8-6-15-5-7-17-9-16-13-12(14(17)18)10(2)11(3)20-13/h9,15H,4-8H2,1-3H3. The van der Waals surface area contributed by atoms with Crippen LogP contribution >= 0.6 is 11.3 Å². The van der Waals surface area contributed by atoms with E-state index in [0.29, 0.717) is 13.2 Å². The Morgan fingerprint density at radius 2 is 2.20 bits per heavy atom. The Bertz CT molecular complexity index is 633. The van der Waals surface area contributed by atoms with E-state index in [4.69, 9.17) is 4.74 Å². The van der Waals surface area contributed by atoms with Crippen molar-refractivity contribution in [3.8, 4) is 0 Å². The van der Waals surface area contributed by atoms with Crippen molar-refractivity contribution < 1.29 is 4.74 Å². The minimum atomic E-state index is 0.0588. The first-order chi connectivity index (χ1) is 9.65. The van der Waals surface area contributed by atoms with Crippen LogP contribution in [0.25, 0.3) is 10.2 Å². The molecule has 20 heavy (non-hydrogen) atoms. The second-order valence-electron chi connectivity index (χ2n) is 4.65. The SMILES string of the molecule is CCOCCNCCn1cnc2sc(C)c(C)c2c1=O. The third-order valence-electron chi connectivity index (χ3n) is 3.31. The molecule has 0 aromatic carbocycles. The first kappa shape index (κ1) is 15.2. The summed E-state index contributed by atoms with van der Waals surface area (Å²) in [5.74, 6) is 0. The highest BCUT2D eigenvalue weighted by Gasteiger charge is 2.11. The lowest BCUT2D eigenvalue weighted by Gasteiger charge is -2.07. The van der Waals surface area contributed by atoms with Crippen molar-refractivity contribution in [3.63, 3.8) is 0 Å². The predicted molar refractivity (Wildman–Crippen MR) is 82.7 cm³/mol. The molecule has 2 aromatic heterocycles. The second-order valence-corrected chi connectivity index (χ2v) is 5.86. The molecule has 2 heterocycles. The summed E-state index contributed by atoms with van der Waals surface area (Å²) < 4.78 is 6.92. The summed E-state index contributed by atoms with van der Waals surface area (Å²) in [6, 6.07) is 0. The van der Waals surface area contributed by atoms with Gasteiger partial charge in [-0.3, -0.25) is 9.36 Å². The zero-order chi connectivity index (χ0) is 14.5. The number of nitrogens with zero attached hydrogens (tertiary/aromatic N) is 2. The molecular weight excluding hydrogens is 274 g/mol. The minimum Gasteiger partial charge on any atom is -0.380 e. The van der Waals surface area contributed by atoms with Gasteiger partial charge in [0.05, 0.1) is 18.3 Å². The van der Waals surface area contributed by atoms with Gasteiger partial charge in [-0.15, -0.1) is 11.3 Å². The van der Waals surface area contributed by atoms with Gasteiger partial charge in [-0.25, -0.2) is 4.98 Å². The Balaban J connectivity index is 2.02. The van der Waals surface area contributed by atoms with E-state index in [9.17, 15) is 4.79 Å². The Hall–Kier alpha value is -1.24. The molecule has 5 nitrogen and oxygen atoms in total. The Kier molecular flexibility index (Phi) is 5.28. The van der Waals surface area contributed by atoms with Gasteiger partial charge in [-0.05, 0) is 26.3 Å². The molecule has 0 unspecified atom stereocenters. The van der Waals surface area contributed by atoms with E-state index in [1.807, 2.05) is 20.8 Å². The molecule has 0 aliphatic heterocycles. The molecule has 0 saturated carbocycles. The molecule has 0 amide bonds. The summed E-state index contributed by atoms with van der Waals surface area (Å²) in [4.78, 5) is 18.8. The Morgan fingerprint density at radius 3 is 2.95 bits per heavy atom. The van der Waals surface area contributed by atoms with Crippen molar-refractivity contribution in [1.29, 1.82) is 0 Å². The number of ether oxygens (including phenoxy) is 1. The number of thiophene rings is 1. The molecule has 2 rings (SSSR count). The molecule has 0 spiro atoms. The van der Waals surface area contributed by atoms with Crippen LogP contribution in [0.15, 0.2) is 11.1 Å². The lowest BCUT2D eigenvalue weighted by Crippen LogP contribution is -2.29. The van der Waals surface area contributed by atoms with Crippen LogP contribution in [-0.4, -0.2) is 35.9 Å². The fourth-order valence-electron chi connectivity index (χ4n) is 2.04. The summed E-state index contributed by atoms with van der Waals surface area (Å²) >= 11 is 1.58. The Labute approximate surface area is 122 Å². The van der Waals surface area contributed by atoms with Gasteiger partial charge < -0.3 is 10.1 Å². The maximum Gasteiger partial charge on any atom is 0.262 e. The number of hydrogen-bond acceptors (Lipinski definition) is 5. The van der Waals surface area contributed by atoms with E-state index >= 15 is 0 Å². The molecule has 0 fully saturated rings. The molecule has 1 N–H and O–H groups in total. The monoisotopic (exact) mass is 295 g/mol. The average Bonchev–Trinajstić information content (AvgIpc) is 2.72. The zero-order valence-electron chi connectivity index (χ0n) is 12.2. The molecule has 2 aromatic rings. The number of fused-ring (bicyclic) bond motifs is 1. The highest BCUT2D eigenvalue weighted by atomic mass is 32.1. The lowest BCUT2D eigenvalue weighted by molar-refractivity contribution is 0.149. The van der Waals surface area contributed by atoms with Crippen LogP contribution in [0.5, 0.6) is 0 Å². The number of aromatic nitrogens is 2. The Morgan fingerprint density at radius 1 is 1.40 bits per heavy atom. The van der Waals surface area contributed by atoms with E-state index in [1.165, 1.54) is 0 Å². The third kappa shape index (κ3) is 3.26. The molecule has 0 bridgehead atoms. The number of hydrogen-bond donors (Lipinski definition) is 1. The van der Waals surface area contributed by atoms with Gasteiger partial charge in [0.15, 0.2) is 0 Å². The number of aryl methyl sites for hydroxylation is 2. The number of nitrogens with one attached hydrogen (secondary N) is 1. The van der Waals surface area contributed by atoms with E-state index in [-0.39, 0.29) is 5.56 Å². The van der Waals surface area contributed by atoms with Crippen molar-refractivity contribution in [2.24, 2.45) is 0 Å². The van der Waals surface area contributed by atoms with Crippen LogP contribution in [0.3, 0.4) is 0 Å². The fourth-order valence-corrected chi connectivity index (χ4v) is 3.03. The van der Waals surface area contributed by atoms with Gasteiger partial charge in [0, 0.05) is 31.1 Å². The molecule has 0 aliphatic rings. The highest BCUT2D eigenvalue weighted by Crippen LogP contribution is 2.25. The lowest BCUT2D eigenvalue weighted by atomic mass is 10.2. The summed E-state index contributed by atoms with van der Waals surface area (Å²) in [6.45, 7) is 9.59. The molecular formula is C14H21N3O2S. The maximum atomic E-state index is 12.4. The molecule has 0 atom stereocenters. The smallest absolute Gasteiger partial charge is 0.262 e. The summed E-state index contributed by atoms with van der Waals surface area (Å²) in [6.07, 6.45) is 1.64. The fraction of sp³-hybridized carbons (Fsp3) is 0.571. The molecule has 0 radical (unpaired) electrons. The maximum absolute atomic E-state index is 12.4. The van der Waals surface area contributed by atoms with Crippen molar-refractivity contribution >= 4 is 21.6 Å². The first-order valence-corrected chi connectivity index (χ1v) is 7.70. The largest absolute Gasteiger partial charge is 0.380 e. The van der Waals surface area contributed by atoms with Crippen LogP contribution in [0.4, 0.5) is 0 Å². The topological polar surface area (TPSA) is 56.1 Å². The third-order valence-corrected chi connectivity index (χ3v) is 4.43. The number of rotatable bonds is 7. The van der Waals surface area contributed by atoms with Gasteiger partial charge in [0.2, 0.25) is 0 Å². The normalized spacial score (nSPS) is 11.3. The van der Waals surface area contributed by atoms with Crippen molar-refractivity contribution in [3.05, 3.63) is 27.1 Å². The molecule has 0 aliphatic carbocycles. The van der Waals surface area contributed by atoms with E-state index < -0.39 is 0 Å². The van der Waals surface area contributed by atoms with E-state index in [1.54, 1.807) is 22.2 Å². The van der Waals surface area contributed by atoms with Crippen molar-refractivity contribution in [2.75, 3.05) is 26.3 Å². The summed E-state index contributed by atoms with van der Waals surface area (Å²) in [7, 11) is 0. The average molecular weight is 295 g/mol. The quantitative estimate of drug-likeness (QED) is 0.790. The van der Waals surface area contributed by atoms with Crippen LogP contribution in [0.1, 0.15) is 17.4 Å². The van der Waals surface area contributed by atoms with Gasteiger partial charge >= 0.3 is 0 Å². The van der Waals surface area contributed by atoms with Crippen LogP contribution in [0, 0.1) is 13.8 Å². The van der Waals surface area contributed by atoms with Crippen LogP contribution in [0.2, 0.25) is 0 Å². The zero-order valence-corrected chi connectivity index (χ0v) is 13.0. The minimum absolute atomic E-state index is 0.0588. The van der Waals surface area contributed by atoms with Gasteiger partial charge in [-0.2, -0.15) is 0 Å². The van der Waals surface area contributed by atoms with E-state index in [0.717, 1.165) is 40.4 Å². The first-order valence-electron chi connectivity index (χ1n) is 6.88. The van der Waals surface area contributed by atoms with Gasteiger partial charge in [0.1, 0.15) is 4.83 Å². The molecule has 6 heteroatoms. The van der Waals surface area contributed by atoms with Crippen LogP contribution < -0.4 is 10.9 Å². The van der Waals surface area contributed by atoms with Gasteiger partial charge in [-0.1, -0.05) is 0 Å². The highest BCUT2D eigenvalue weighted by molar-refractivity contribution is 7.18. The van der Waals surface area contributed by atoms with E-state index in [2.05, 4.69) is 10.3 Å². The van der Waals surface area contributed by atoms with Crippen molar-refractivity contribution in [2.45, 2.75) is 27.3 Å². The van der Waals surface area contributed by atoms with Crippen LogP contribution in [-0.2, 0) is 11.3 Å². The molecule has 110 valence electrons. The van der Waals surface area contributed by atoms with Gasteiger partial charge in [0.25, 0.3) is 5.56 Å². The second kappa shape index (κ2) is 6.97. The molecule has 0 saturated heterocycles. The predicted octanol–water partition coefficient (Wildman–Crippen LogP) is 1.70.